The molecule has 3 N–H and O–H groups in total. The number of hydrogen-bond acceptors (Lipinski definition) is 3. The van der Waals surface area contributed by atoms with Crippen LogP contribution in [0.15, 0.2) is 70.6 Å². The number of anilines is 1. The van der Waals surface area contributed by atoms with E-state index in [0.717, 1.165) is 12.2 Å². The lowest BCUT2D eigenvalue weighted by Gasteiger charge is -2.18. The van der Waals surface area contributed by atoms with Gasteiger partial charge in [0.2, 0.25) is 5.91 Å². The van der Waals surface area contributed by atoms with Gasteiger partial charge in [-0.1, -0.05) is 36.4 Å². The maximum Gasteiger partial charge on any atom is 0.243 e. The van der Waals surface area contributed by atoms with E-state index in [1.165, 1.54) is 17.7 Å². The molecule has 136 valence electrons. The first-order valence-corrected chi connectivity index (χ1v) is 9.54. The summed E-state index contributed by atoms with van der Waals surface area (Å²) in [6.07, 6.45) is 2.37. The van der Waals surface area contributed by atoms with Crippen molar-refractivity contribution in [3.8, 4) is 0 Å². The van der Waals surface area contributed by atoms with Crippen LogP contribution in [0.4, 0.5) is 5.69 Å². The van der Waals surface area contributed by atoms with Crippen molar-refractivity contribution in [2.75, 3.05) is 25.5 Å². The first-order chi connectivity index (χ1) is 12.7. The van der Waals surface area contributed by atoms with Gasteiger partial charge < -0.3 is 16.0 Å². The fourth-order valence-corrected chi connectivity index (χ4v) is 3.79. The Kier molecular flexibility index (Phi) is 6.17. The molecule has 0 heterocycles. The van der Waals surface area contributed by atoms with E-state index in [-0.39, 0.29) is 17.2 Å². The summed E-state index contributed by atoms with van der Waals surface area (Å²) < 4.78 is 0.227. The highest BCUT2D eigenvalue weighted by molar-refractivity contribution is 8.01. The zero-order valence-electron chi connectivity index (χ0n) is 14.9. The van der Waals surface area contributed by atoms with Crippen LogP contribution >= 0.6 is 11.8 Å². The SMILES string of the molecule is CN=C(NCC(=O)Nc1ccccc1)NCC1(Sc2ccccc2)CC1. The lowest BCUT2D eigenvalue weighted by atomic mass is 10.3. The summed E-state index contributed by atoms with van der Waals surface area (Å²) in [5, 5.41) is 9.27. The van der Waals surface area contributed by atoms with Crippen molar-refractivity contribution in [3.05, 3.63) is 60.7 Å². The van der Waals surface area contributed by atoms with E-state index in [1.807, 2.05) is 48.2 Å². The number of guanidine groups is 1. The highest BCUT2D eigenvalue weighted by Gasteiger charge is 2.43. The monoisotopic (exact) mass is 368 g/mol. The number of nitrogens with zero attached hydrogens (tertiary/aromatic N) is 1. The normalized spacial score (nSPS) is 15.2. The molecule has 0 bridgehead atoms. The third-order valence-corrected chi connectivity index (χ3v) is 5.65. The number of amides is 1. The number of aliphatic imine (C=N–C) groups is 1. The minimum absolute atomic E-state index is 0.0982. The van der Waals surface area contributed by atoms with Crippen LogP contribution in [0.3, 0.4) is 0 Å². The van der Waals surface area contributed by atoms with Gasteiger partial charge in [0.15, 0.2) is 5.96 Å². The average Bonchev–Trinajstić information content (AvgIpc) is 3.43. The van der Waals surface area contributed by atoms with Crippen molar-refractivity contribution in [1.82, 2.24) is 10.6 Å². The number of rotatable bonds is 7. The second-order valence-corrected chi connectivity index (χ2v) is 7.83. The van der Waals surface area contributed by atoms with Crippen molar-refractivity contribution >= 4 is 29.3 Å². The molecular formula is C20H24N4OS. The van der Waals surface area contributed by atoms with Gasteiger partial charge in [0.05, 0.1) is 6.54 Å². The fraction of sp³-hybridized carbons (Fsp3) is 0.300. The van der Waals surface area contributed by atoms with Crippen molar-refractivity contribution in [2.24, 2.45) is 4.99 Å². The number of thioether (sulfide) groups is 1. The Hall–Kier alpha value is -2.47. The van der Waals surface area contributed by atoms with Crippen molar-refractivity contribution in [1.29, 1.82) is 0 Å². The van der Waals surface area contributed by atoms with E-state index in [2.05, 4.69) is 45.2 Å². The largest absolute Gasteiger partial charge is 0.355 e. The first-order valence-electron chi connectivity index (χ1n) is 8.73. The molecule has 6 heteroatoms. The number of carbonyl (C=O) groups excluding carboxylic acids is 1. The number of carbonyl (C=O) groups is 1. The maximum atomic E-state index is 12.0. The molecule has 0 saturated heterocycles. The van der Waals surface area contributed by atoms with E-state index in [1.54, 1.807) is 7.05 Å². The molecule has 2 aromatic carbocycles. The van der Waals surface area contributed by atoms with Gasteiger partial charge >= 0.3 is 0 Å². The van der Waals surface area contributed by atoms with Crippen LogP contribution in [0.1, 0.15) is 12.8 Å². The summed E-state index contributed by atoms with van der Waals surface area (Å²) in [6, 6.07) is 19.9. The number of para-hydroxylation sites is 1. The zero-order chi connectivity index (χ0) is 18.2. The molecule has 3 rings (SSSR count). The standard InChI is InChI=1S/C20H24N4OS/c1-21-19(22-14-18(25)24-16-8-4-2-5-9-16)23-15-20(12-13-20)26-17-10-6-3-7-11-17/h2-11H,12-15H2,1H3,(H,24,25)(H2,21,22,23). The third kappa shape index (κ3) is 5.52. The molecule has 1 saturated carbocycles. The van der Waals surface area contributed by atoms with Gasteiger partial charge in [-0.2, -0.15) is 0 Å². The molecule has 0 unspecified atom stereocenters. The molecule has 1 fully saturated rings. The van der Waals surface area contributed by atoms with Crippen molar-refractivity contribution in [2.45, 2.75) is 22.5 Å². The van der Waals surface area contributed by atoms with E-state index in [0.29, 0.717) is 5.96 Å². The van der Waals surface area contributed by atoms with E-state index in [4.69, 9.17) is 0 Å². The lowest BCUT2D eigenvalue weighted by molar-refractivity contribution is -0.115. The van der Waals surface area contributed by atoms with Crippen LogP contribution in [0.25, 0.3) is 0 Å². The van der Waals surface area contributed by atoms with E-state index in [9.17, 15) is 4.79 Å². The Bertz CT molecular complexity index is 745. The smallest absolute Gasteiger partial charge is 0.243 e. The topological polar surface area (TPSA) is 65.5 Å². The fourth-order valence-electron chi connectivity index (χ4n) is 2.55. The van der Waals surface area contributed by atoms with Crippen LogP contribution in [0.5, 0.6) is 0 Å². The molecule has 1 aliphatic rings. The highest BCUT2D eigenvalue weighted by atomic mass is 32.2. The van der Waals surface area contributed by atoms with Gasteiger partial charge in [-0.15, -0.1) is 11.8 Å². The first kappa shape index (κ1) is 18.3. The number of hydrogen-bond donors (Lipinski definition) is 3. The summed E-state index contributed by atoms with van der Waals surface area (Å²) in [6.45, 7) is 1.000. The molecular weight excluding hydrogens is 344 g/mol. The minimum atomic E-state index is -0.0982. The highest BCUT2D eigenvalue weighted by Crippen LogP contribution is 2.51. The molecule has 0 aliphatic heterocycles. The van der Waals surface area contributed by atoms with Crippen LogP contribution in [-0.2, 0) is 4.79 Å². The van der Waals surface area contributed by atoms with Crippen LogP contribution < -0.4 is 16.0 Å². The van der Waals surface area contributed by atoms with E-state index >= 15 is 0 Å². The average molecular weight is 369 g/mol. The van der Waals surface area contributed by atoms with Gasteiger partial charge in [-0.05, 0) is 37.1 Å². The molecule has 1 amide bonds. The predicted octanol–water partition coefficient (Wildman–Crippen LogP) is 3.12. The van der Waals surface area contributed by atoms with E-state index < -0.39 is 0 Å². The van der Waals surface area contributed by atoms with Crippen LogP contribution in [0.2, 0.25) is 0 Å². The van der Waals surface area contributed by atoms with Gasteiger partial charge in [0, 0.05) is 28.9 Å². The second kappa shape index (κ2) is 8.76. The summed E-state index contributed by atoms with van der Waals surface area (Å²) >= 11 is 1.91. The molecule has 1 aliphatic carbocycles. The molecule has 0 radical (unpaired) electrons. The Morgan fingerprint density at radius 1 is 1.04 bits per heavy atom. The van der Waals surface area contributed by atoms with Crippen molar-refractivity contribution < 1.29 is 4.79 Å². The van der Waals surface area contributed by atoms with Crippen molar-refractivity contribution in [3.63, 3.8) is 0 Å². The van der Waals surface area contributed by atoms with Gasteiger partial charge in [0.25, 0.3) is 0 Å². The third-order valence-electron chi connectivity index (χ3n) is 4.16. The minimum Gasteiger partial charge on any atom is -0.355 e. The molecule has 5 nitrogen and oxygen atoms in total. The summed E-state index contributed by atoms with van der Waals surface area (Å²) in [4.78, 5) is 17.5. The maximum absolute atomic E-state index is 12.0. The van der Waals surface area contributed by atoms with Gasteiger partial charge in [0.1, 0.15) is 0 Å². The van der Waals surface area contributed by atoms with Gasteiger partial charge in [-0.3, -0.25) is 9.79 Å². The summed E-state index contributed by atoms with van der Waals surface area (Å²) in [7, 11) is 1.72. The number of benzene rings is 2. The predicted molar refractivity (Wildman–Crippen MR) is 109 cm³/mol. The Morgan fingerprint density at radius 2 is 1.69 bits per heavy atom. The molecule has 0 spiro atoms. The Balaban J connectivity index is 1.43. The summed E-state index contributed by atoms with van der Waals surface area (Å²) in [5.74, 6) is 0.548. The van der Waals surface area contributed by atoms with Crippen LogP contribution in [0, 0.1) is 0 Å². The zero-order valence-corrected chi connectivity index (χ0v) is 15.7. The molecule has 0 atom stereocenters. The van der Waals surface area contributed by atoms with Gasteiger partial charge in [-0.25, -0.2) is 0 Å². The summed E-state index contributed by atoms with van der Waals surface area (Å²) in [5.41, 5.74) is 0.790. The Morgan fingerprint density at radius 3 is 2.31 bits per heavy atom. The molecule has 0 aromatic heterocycles. The van der Waals surface area contributed by atoms with Crippen LogP contribution in [-0.4, -0.2) is 36.8 Å². The Labute approximate surface area is 158 Å². The second-order valence-electron chi connectivity index (χ2n) is 6.29. The number of nitrogens with one attached hydrogen (secondary N) is 3. The molecule has 26 heavy (non-hydrogen) atoms. The lowest BCUT2D eigenvalue weighted by Crippen LogP contribution is -2.44. The molecule has 2 aromatic rings. The quantitative estimate of drug-likeness (QED) is 0.519.